The van der Waals surface area contributed by atoms with E-state index in [1.165, 1.54) is 12.1 Å². The summed E-state index contributed by atoms with van der Waals surface area (Å²) in [6.45, 7) is 1.33. The fourth-order valence-electron chi connectivity index (χ4n) is 2.44. The Bertz CT molecular complexity index is 713. The third-order valence-electron chi connectivity index (χ3n) is 3.75. The van der Waals surface area contributed by atoms with E-state index in [0.717, 1.165) is 5.56 Å². The zero-order chi connectivity index (χ0) is 18.8. The first-order valence-electron chi connectivity index (χ1n) is 8.28. The monoisotopic (exact) mass is 358 g/mol. The van der Waals surface area contributed by atoms with Crippen molar-refractivity contribution in [3.8, 4) is 0 Å². The van der Waals surface area contributed by atoms with Gasteiger partial charge in [-0.15, -0.1) is 0 Å². The van der Waals surface area contributed by atoms with Crippen LogP contribution in [0.2, 0.25) is 0 Å². The molecule has 0 saturated heterocycles. The second-order valence-corrected chi connectivity index (χ2v) is 5.55. The smallest absolute Gasteiger partial charge is 0.339 e. The first-order chi connectivity index (χ1) is 12.6. The van der Waals surface area contributed by atoms with Gasteiger partial charge in [-0.1, -0.05) is 42.5 Å². The van der Waals surface area contributed by atoms with E-state index < -0.39 is 18.0 Å². The Morgan fingerprint density at radius 1 is 0.923 bits per heavy atom. The van der Waals surface area contributed by atoms with Crippen LogP contribution in [0, 0.1) is 0 Å². The van der Waals surface area contributed by atoms with Gasteiger partial charge in [0, 0.05) is 13.5 Å². The van der Waals surface area contributed by atoms with Crippen molar-refractivity contribution < 1.29 is 28.9 Å². The van der Waals surface area contributed by atoms with Crippen molar-refractivity contribution in [1.29, 1.82) is 0 Å². The maximum atomic E-state index is 12.5. The van der Waals surface area contributed by atoms with E-state index in [1.54, 1.807) is 19.2 Å². The molecule has 0 aliphatic carbocycles. The van der Waals surface area contributed by atoms with Gasteiger partial charge in [0.15, 0.2) is 0 Å². The van der Waals surface area contributed by atoms with Crippen LogP contribution in [0.15, 0.2) is 54.6 Å². The molecule has 26 heavy (non-hydrogen) atoms. The molecule has 0 aliphatic heterocycles. The summed E-state index contributed by atoms with van der Waals surface area (Å²) in [4.78, 5) is 23.9. The van der Waals surface area contributed by atoms with Gasteiger partial charge < -0.3 is 19.3 Å². The van der Waals surface area contributed by atoms with Crippen molar-refractivity contribution in [2.24, 2.45) is 0 Å². The molecular formula is C20H22O6. The fraction of sp³-hybridized carbons (Fsp3) is 0.300. The highest BCUT2D eigenvalue weighted by molar-refractivity contribution is 6.02. The molecule has 1 N–H and O–H groups in total. The van der Waals surface area contributed by atoms with Gasteiger partial charge in [0.1, 0.15) is 6.10 Å². The van der Waals surface area contributed by atoms with Crippen LogP contribution in [0.3, 0.4) is 0 Å². The molecule has 0 aromatic heterocycles. The summed E-state index contributed by atoms with van der Waals surface area (Å²) >= 11 is 0. The summed E-state index contributed by atoms with van der Waals surface area (Å²) in [7, 11) is 1.60. The third kappa shape index (κ3) is 5.68. The molecule has 2 aromatic rings. The van der Waals surface area contributed by atoms with Gasteiger partial charge in [0.2, 0.25) is 0 Å². The molecule has 138 valence electrons. The summed E-state index contributed by atoms with van der Waals surface area (Å²) in [6, 6.07) is 15.3. The Morgan fingerprint density at radius 2 is 1.58 bits per heavy atom. The number of ether oxygens (including phenoxy) is 3. The van der Waals surface area contributed by atoms with E-state index in [2.05, 4.69) is 0 Å². The van der Waals surface area contributed by atoms with Crippen LogP contribution in [0.4, 0.5) is 0 Å². The standard InChI is InChI=1S/C20H22O6/c1-24-13-14-25-12-11-18(15-7-3-2-4-8-15)26-20(23)17-10-6-5-9-16(17)19(21)22/h2-10,18H,11-14H2,1H3,(H,21,22). The molecule has 0 aliphatic rings. The van der Waals surface area contributed by atoms with Crippen molar-refractivity contribution >= 4 is 11.9 Å². The van der Waals surface area contributed by atoms with Crippen LogP contribution in [0.5, 0.6) is 0 Å². The number of aromatic carboxylic acids is 1. The predicted octanol–water partition coefficient (Wildman–Crippen LogP) is 3.34. The van der Waals surface area contributed by atoms with Crippen LogP contribution >= 0.6 is 0 Å². The lowest BCUT2D eigenvalue weighted by Crippen LogP contribution is -2.17. The van der Waals surface area contributed by atoms with Crippen LogP contribution in [-0.4, -0.2) is 44.0 Å². The molecule has 0 bridgehead atoms. The quantitative estimate of drug-likeness (QED) is 0.518. The highest BCUT2D eigenvalue weighted by Crippen LogP contribution is 2.23. The number of hydrogen-bond donors (Lipinski definition) is 1. The Labute approximate surface area is 152 Å². The van der Waals surface area contributed by atoms with Gasteiger partial charge in [-0.2, -0.15) is 0 Å². The maximum absolute atomic E-state index is 12.5. The fourth-order valence-corrected chi connectivity index (χ4v) is 2.44. The van der Waals surface area contributed by atoms with Crippen molar-refractivity contribution in [3.63, 3.8) is 0 Å². The van der Waals surface area contributed by atoms with Crippen molar-refractivity contribution in [1.82, 2.24) is 0 Å². The lowest BCUT2D eigenvalue weighted by molar-refractivity contribution is 0.0121. The molecule has 6 heteroatoms. The Kier molecular flexibility index (Phi) is 7.79. The lowest BCUT2D eigenvalue weighted by Gasteiger charge is -2.19. The number of carbonyl (C=O) groups is 2. The Hall–Kier alpha value is -2.70. The third-order valence-corrected chi connectivity index (χ3v) is 3.75. The molecule has 0 fully saturated rings. The van der Waals surface area contributed by atoms with Gasteiger partial charge in [0.05, 0.1) is 30.9 Å². The second kappa shape index (κ2) is 10.3. The van der Waals surface area contributed by atoms with Crippen LogP contribution < -0.4 is 0 Å². The van der Waals surface area contributed by atoms with E-state index >= 15 is 0 Å². The minimum Gasteiger partial charge on any atom is -0.478 e. The van der Waals surface area contributed by atoms with Gasteiger partial charge in [-0.25, -0.2) is 9.59 Å². The van der Waals surface area contributed by atoms with Crippen molar-refractivity contribution in [2.45, 2.75) is 12.5 Å². The van der Waals surface area contributed by atoms with E-state index in [4.69, 9.17) is 14.2 Å². The largest absolute Gasteiger partial charge is 0.478 e. The number of methoxy groups -OCH3 is 1. The first-order valence-corrected chi connectivity index (χ1v) is 8.28. The number of benzene rings is 2. The van der Waals surface area contributed by atoms with Gasteiger partial charge >= 0.3 is 11.9 Å². The molecule has 0 radical (unpaired) electrons. The van der Waals surface area contributed by atoms with Crippen LogP contribution in [0.1, 0.15) is 38.8 Å². The van der Waals surface area contributed by atoms with E-state index in [-0.39, 0.29) is 11.1 Å². The zero-order valence-corrected chi connectivity index (χ0v) is 14.6. The Balaban J connectivity index is 2.11. The topological polar surface area (TPSA) is 82.1 Å². The summed E-state index contributed by atoms with van der Waals surface area (Å²) in [5, 5.41) is 9.25. The molecule has 0 saturated carbocycles. The predicted molar refractivity (Wildman–Crippen MR) is 95.3 cm³/mol. The summed E-state index contributed by atoms with van der Waals surface area (Å²) in [5.74, 6) is -1.84. The second-order valence-electron chi connectivity index (χ2n) is 5.55. The molecular weight excluding hydrogens is 336 g/mol. The number of rotatable bonds is 10. The molecule has 2 rings (SSSR count). The lowest BCUT2D eigenvalue weighted by atomic mass is 10.1. The summed E-state index contributed by atoms with van der Waals surface area (Å²) in [5.41, 5.74) is 0.769. The maximum Gasteiger partial charge on any atom is 0.339 e. The molecule has 1 atom stereocenters. The summed E-state index contributed by atoms with van der Waals surface area (Å²) < 4.78 is 16.0. The summed E-state index contributed by atoms with van der Waals surface area (Å²) in [6.07, 6.45) is -0.0811. The normalized spacial score (nSPS) is 11.7. The minimum atomic E-state index is -1.17. The van der Waals surface area contributed by atoms with E-state index in [0.29, 0.717) is 26.2 Å². The van der Waals surface area contributed by atoms with Gasteiger partial charge in [-0.3, -0.25) is 0 Å². The van der Waals surface area contributed by atoms with Gasteiger partial charge in [-0.05, 0) is 17.7 Å². The average molecular weight is 358 g/mol. The van der Waals surface area contributed by atoms with Crippen LogP contribution in [-0.2, 0) is 14.2 Å². The van der Waals surface area contributed by atoms with Crippen LogP contribution in [0.25, 0.3) is 0 Å². The average Bonchev–Trinajstić information content (AvgIpc) is 2.67. The number of esters is 1. The highest BCUT2D eigenvalue weighted by atomic mass is 16.5. The van der Waals surface area contributed by atoms with Gasteiger partial charge in [0.25, 0.3) is 0 Å². The molecule has 2 aromatic carbocycles. The van der Waals surface area contributed by atoms with Crippen molar-refractivity contribution in [2.75, 3.05) is 26.9 Å². The SMILES string of the molecule is COCCOCCC(OC(=O)c1ccccc1C(=O)O)c1ccccc1. The van der Waals surface area contributed by atoms with Crippen molar-refractivity contribution in [3.05, 3.63) is 71.3 Å². The molecule has 0 spiro atoms. The number of carboxylic acid groups (broad SMARTS) is 1. The number of hydrogen-bond acceptors (Lipinski definition) is 5. The first kappa shape index (κ1) is 19.6. The molecule has 0 amide bonds. The minimum absolute atomic E-state index is 0.0289. The Morgan fingerprint density at radius 3 is 2.23 bits per heavy atom. The zero-order valence-electron chi connectivity index (χ0n) is 14.6. The highest BCUT2D eigenvalue weighted by Gasteiger charge is 2.22. The number of carboxylic acids is 1. The van der Waals surface area contributed by atoms with E-state index in [1.807, 2.05) is 30.3 Å². The number of carbonyl (C=O) groups excluding carboxylic acids is 1. The van der Waals surface area contributed by atoms with E-state index in [9.17, 15) is 14.7 Å². The molecule has 0 heterocycles. The molecule has 1 unspecified atom stereocenters. The molecule has 6 nitrogen and oxygen atoms in total.